The molecule has 19 heavy (non-hydrogen) atoms. The molecule has 0 aromatic heterocycles. The second kappa shape index (κ2) is 6.18. The van der Waals surface area contributed by atoms with Gasteiger partial charge >= 0.3 is 6.36 Å². The lowest BCUT2D eigenvalue weighted by Crippen LogP contribution is -2.17. The van der Waals surface area contributed by atoms with Gasteiger partial charge in [-0.05, 0) is 18.2 Å². The average molecular weight is 303 g/mol. The Morgan fingerprint density at radius 2 is 1.95 bits per heavy atom. The van der Waals surface area contributed by atoms with Gasteiger partial charge < -0.3 is 4.74 Å². The molecule has 0 fully saturated rings. The molecule has 106 valence electrons. The van der Waals surface area contributed by atoms with Crippen LogP contribution in [0, 0.1) is 0 Å². The van der Waals surface area contributed by atoms with Crippen LogP contribution in [0.5, 0.6) is 5.75 Å². The van der Waals surface area contributed by atoms with Gasteiger partial charge in [-0.15, -0.1) is 24.8 Å². The molecule has 0 aliphatic carbocycles. The largest absolute Gasteiger partial charge is 0.573 e. The minimum Gasteiger partial charge on any atom is -0.406 e. The Hall–Kier alpha value is -1.37. The van der Waals surface area contributed by atoms with Gasteiger partial charge in [0.05, 0.1) is 0 Å². The lowest BCUT2D eigenvalue weighted by molar-refractivity contribution is -0.274. The number of hydrogen-bond donors (Lipinski definition) is 0. The maximum absolute atomic E-state index is 12.7. The van der Waals surface area contributed by atoms with Crippen molar-refractivity contribution in [2.24, 2.45) is 0 Å². The topological polar surface area (TPSA) is 26.3 Å². The molecule has 0 aliphatic heterocycles. The van der Waals surface area contributed by atoms with Crippen molar-refractivity contribution in [3.05, 3.63) is 29.3 Å². The third-order valence-electron chi connectivity index (χ3n) is 2.11. The predicted molar refractivity (Wildman–Crippen MR) is 57.7 cm³/mol. The number of carbonyl (C=O) groups excluding carboxylic acids is 1. The summed E-state index contributed by atoms with van der Waals surface area (Å²) in [7, 11) is 0. The lowest BCUT2D eigenvalue weighted by Gasteiger charge is -2.12. The fourth-order valence-corrected chi connectivity index (χ4v) is 1.56. The van der Waals surface area contributed by atoms with Crippen molar-refractivity contribution in [3.63, 3.8) is 0 Å². The number of ether oxygens (including phenoxy) is 1. The van der Waals surface area contributed by atoms with Gasteiger partial charge in [0.15, 0.2) is 5.78 Å². The normalized spacial score (nSPS) is 11.7. The van der Waals surface area contributed by atoms with Crippen LogP contribution in [0.25, 0.3) is 0 Å². The summed E-state index contributed by atoms with van der Waals surface area (Å²) in [6, 6.07) is 2.18. The van der Waals surface area contributed by atoms with Crippen LogP contribution in [0.4, 0.5) is 22.0 Å². The van der Waals surface area contributed by atoms with E-state index in [4.69, 9.17) is 11.6 Å². The van der Waals surface area contributed by atoms with Crippen molar-refractivity contribution in [2.75, 3.05) is 5.88 Å². The van der Waals surface area contributed by atoms with Crippen LogP contribution in [0.2, 0.25) is 0 Å². The highest BCUT2D eigenvalue weighted by Crippen LogP contribution is 2.30. The van der Waals surface area contributed by atoms with Crippen molar-refractivity contribution in [2.45, 2.75) is 19.2 Å². The highest BCUT2D eigenvalue weighted by Gasteiger charge is 2.32. The second-order valence-corrected chi connectivity index (χ2v) is 3.84. The number of hydrogen-bond acceptors (Lipinski definition) is 2. The zero-order valence-electron chi connectivity index (χ0n) is 9.31. The summed E-state index contributed by atoms with van der Waals surface area (Å²) in [5.41, 5.74) is -1.16. The molecule has 2 nitrogen and oxygen atoms in total. The molecule has 0 spiro atoms. The Labute approximate surface area is 110 Å². The molecule has 0 N–H and O–H groups in total. The molecule has 1 aromatic carbocycles. The van der Waals surface area contributed by atoms with Gasteiger partial charge in [0.2, 0.25) is 0 Å². The molecule has 0 saturated carbocycles. The number of ketones is 1. The highest BCUT2D eigenvalue weighted by molar-refractivity contribution is 6.19. The first-order valence-corrected chi connectivity index (χ1v) is 5.55. The molecular weight excluding hydrogens is 295 g/mol. The Kier molecular flexibility index (Phi) is 5.11. The average Bonchev–Trinajstić information content (AvgIpc) is 2.26. The number of halogens is 6. The van der Waals surface area contributed by atoms with E-state index in [2.05, 4.69) is 4.74 Å². The van der Waals surface area contributed by atoms with Crippen LogP contribution in [-0.2, 0) is 0 Å². The van der Waals surface area contributed by atoms with E-state index in [-0.39, 0.29) is 17.9 Å². The number of carbonyl (C=O) groups is 1. The first-order valence-electron chi connectivity index (χ1n) is 5.01. The summed E-state index contributed by atoms with van der Waals surface area (Å²) >= 11 is 5.31. The quantitative estimate of drug-likeness (QED) is 0.459. The van der Waals surface area contributed by atoms with Crippen LogP contribution >= 0.6 is 11.6 Å². The van der Waals surface area contributed by atoms with E-state index in [0.717, 1.165) is 12.1 Å². The Balaban J connectivity index is 3.11. The molecule has 0 radical (unpaired) electrons. The van der Waals surface area contributed by atoms with Gasteiger partial charge in [0.1, 0.15) is 5.75 Å². The molecule has 1 rings (SSSR count). The maximum Gasteiger partial charge on any atom is 0.573 e. The van der Waals surface area contributed by atoms with Crippen molar-refractivity contribution in [3.8, 4) is 5.75 Å². The van der Waals surface area contributed by atoms with Crippen molar-refractivity contribution < 1.29 is 31.5 Å². The molecule has 1 aromatic rings. The lowest BCUT2D eigenvalue weighted by atomic mass is 10.0. The summed E-state index contributed by atoms with van der Waals surface area (Å²) in [5, 5.41) is 0. The maximum atomic E-state index is 12.7. The Bertz CT molecular complexity index is 459. The minimum atomic E-state index is -4.99. The van der Waals surface area contributed by atoms with E-state index < -0.39 is 29.9 Å². The molecular formula is C11H8ClF5O2. The standard InChI is InChI=1S/C11H8ClF5O2/c12-4-3-9(18)7-2-1-6(19-11(15,16)17)5-8(7)10(13)14/h1-2,5,10H,3-4H2. The monoisotopic (exact) mass is 302 g/mol. The van der Waals surface area contributed by atoms with Gasteiger partial charge in [-0.25, -0.2) is 8.78 Å². The SMILES string of the molecule is O=C(CCCl)c1ccc(OC(F)(F)F)cc1C(F)F. The molecule has 0 unspecified atom stereocenters. The molecule has 0 atom stereocenters. The van der Waals surface area contributed by atoms with Crippen LogP contribution in [-0.4, -0.2) is 18.0 Å². The Morgan fingerprint density at radius 3 is 2.42 bits per heavy atom. The summed E-state index contributed by atoms with van der Waals surface area (Å²) in [4.78, 5) is 11.5. The fraction of sp³-hybridized carbons (Fsp3) is 0.364. The highest BCUT2D eigenvalue weighted by atomic mass is 35.5. The third kappa shape index (κ3) is 4.66. The van der Waals surface area contributed by atoms with Crippen LogP contribution < -0.4 is 4.74 Å². The summed E-state index contributed by atoms with van der Waals surface area (Å²) in [5.74, 6) is -1.53. The summed E-state index contributed by atoms with van der Waals surface area (Å²) < 4.78 is 64.8. The van der Waals surface area contributed by atoms with Gasteiger partial charge in [-0.2, -0.15) is 0 Å². The predicted octanol–water partition coefficient (Wildman–Crippen LogP) is 4.33. The summed E-state index contributed by atoms with van der Waals surface area (Å²) in [6.45, 7) is 0. The number of Topliss-reactive ketones (excluding diaryl/α,β-unsaturated/α-hetero) is 1. The fourth-order valence-electron chi connectivity index (χ4n) is 1.39. The van der Waals surface area contributed by atoms with E-state index >= 15 is 0 Å². The molecule has 8 heteroatoms. The van der Waals surface area contributed by atoms with Crippen molar-refractivity contribution in [1.29, 1.82) is 0 Å². The minimum absolute atomic E-state index is 0.0671. The van der Waals surface area contributed by atoms with Crippen LogP contribution in [0.3, 0.4) is 0 Å². The Morgan fingerprint density at radius 1 is 1.32 bits per heavy atom. The van der Waals surface area contributed by atoms with Gasteiger partial charge in [0, 0.05) is 23.4 Å². The molecule has 0 heterocycles. The van der Waals surface area contributed by atoms with Gasteiger partial charge in [-0.1, -0.05) is 0 Å². The van der Waals surface area contributed by atoms with Crippen molar-refractivity contribution in [1.82, 2.24) is 0 Å². The third-order valence-corrected chi connectivity index (χ3v) is 2.30. The molecule has 0 bridgehead atoms. The zero-order chi connectivity index (χ0) is 14.6. The molecule has 0 aliphatic rings. The second-order valence-electron chi connectivity index (χ2n) is 3.46. The van der Waals surface area contributed by atoms with E-state index in [1.165, 1.54) is 0 Å². The zero-order valence-corrected chi connectivity index (χ0v) is 10.1. The molecule has 0 saturated heterocycles. The summed E-state index contributed by atoms with van der Waals surface area (Å²) in [6.07, 6.45) is -8.26. The number of benzene rings is 1. The van der Waals surface area contributed by atoms with Crippen LogP contribution in [0.1, 0.15) is 28.8 Å². The van der Waals surface area contributed by atoms with Gasteiger partial charge in [-0.3, -0.25) is 4.79 Å². The smallest absolute Gasteiger partial charge is 0.406 e. The van der Waals surface area contributed by atoms with Gasteiger partial charge in [0.25, 0.3) is 6.43 Å². The number of rotatable bonds is 5. The van der Waals surface area contributed by atoms with E-state index in [0.29, 0.717) is 6.07 Å². The first kappa shape index (κ1) is 15.7. The van der Waals surface area contributed by atoms with E-state index in [1.54, 1.807) is 0 Å². The van der Waals surface area contributed by atoms with Crippen LogP contribution in [0.15, 0.2) is 18.2 Å². The van der Waals surface area contributed by atoms with E-state index in [1.807, 2.05) is 0 Å². The first-order chi connectivity index (χ1) is 8.74. The van der Waals surface area contributed by atoms with E-state index in [9.17, 15) is 26.7 Å². The van der Waals surface area contributed by atoms with Crippen molar-refractivity contribution >= 4 is 17.4 Å². The number of alkyl halides is 6. The molecule has 0 amide bonds.